The second-order valence-corrected chi connectivity index (χ2v) is 9.63. The van der Waals surface area contributed by atoms with Crippen LogP contribution in [0.5, 0.6) is 0 Å². The first kappa shape index (κ1) is 22.3. The molecule has 1 aliphatic carbocycles. The minimum absolute atomic E-state index is 0.126. The molecule has 3 aromatic rings. The monoisotopic (exact) mass is 462 g/mol. The highest BCUT2D eigenvalue weighted by atomic mass is 32.2. The highest BCUT2D eigenvalue weighted by Gasteiger charge is 2.29. The van der Waals surface area contributed by atoms with Gasteiger partial charge in [0.1, 0.15) is 30.1 Å². The Morgan fingerprint density at radius 3 is 2.53 bits per heavy atom. The first-order valence-corrected chi connectivity index (χ1v) is 11.6. The van der Waals surface area contributed by atoms with Crippen molar-refractivity contribution < 1.29 is 21.6 Å². The van der Waals surface area contributed by atoms with E-state index in [1.807, 2.05) is 9.29 Å². The van der Waals surface area contributed by atoms with Gasteiger partial charge in [-0.3, -0.25) is 4.98 Å². The van der Waals surface area contributed by atoms with Gasteiger partial charge in [-0.2, -0.15) is 5.26 Å². The van der Waals surface area contributed by atoms with E-state index in [9.17, 15) is 26.9 Å². The van der Waals surface area contributed by atoms with Crippen molar-refractivity contribution in [2.75, 3.05) is 13.3 Å². The summed E-state index contributed by atoms with van der Waals surface area (Å²) < 4.78 is 68.5. The first-order chi connectivity index (χ1) is 15.3. The van der Waals surface area contributed by atoms with Crippen LogP contribution in [-0.2, 0) is 10.0 Å². The Balaban J connectivity index is 1.84. The number of fused-ring (bicyclic) bond motifs is 1. The average Bonchev–Trinajstić information content (AvgIpc) is 3.04. The van der Waals surface area contributed by atoms with Crippen molar-refractivity contribution in [2.24, 2.45) is 0 Å². The quantitative estimate of drug-likeness (QED) is 0.566. The summed E-state index contributed by atoms with van der Waals surface area (Å²) >= 11 is 0. The molecule has 1 aromatic carbocycles. The molecule has 1 aliphatic rings. The lowest BCUT2D eigenvalue weighted by Gasteiger charge is -2.30. The number of nitriles is 1. The minimum Gasteiger partial charge on any atom is -0.335 e. The molecule has 168 valence electrons. The summed E-state index contributed by atoms with van der Waals surface area (Å²) in [5.74, 6) is -0.415. The zero-order chi connectivity index (χ0) is 23.0. The molecule has 2 heterocycles. The fourth-order valence-corrected chi connectivity index (χ4v) is 5.03. The molecule has 0 unspecified atom stereocenters. The van der Waals surface area contributed by atoms with E-state index in [1.54, 1.807) is 13.0 Å². The molecular formula is C22H21F3N4O2S. The highest BCUT2D eigenvalue weighted by molar-refractivity contribution is 7.89. The van der Waals surface area contributed by atoms with Crippen molar-refractivity contribution >= 4 is 20.9 Å². The molecule has 0 radical (unpaired) electrons. The maximum atomic E-state index is 14.3. The SMILES string of the molecule is Cc1cc2c(cc1F)c(C#N)c(-c1ccc(S(=O)(=O)NC(CF)CF)cn1)n2C1CCC1. The number of aryl methyl sites for hydroxylation is 1. The molecule has 0 aliphatic heterocycles. The van der Waals surface area contributed by atoms with E-state index in [1.165, 1.54) is 18.2 Å². The topological polar surface area (TPSA) is 87.8 Å². The van der Waals surface area contributed by atoms with Crippen molar-refractivity contribution in [3.05, 3.63) is 47.4 Å². The van der Waals surface area contributed by atoms with Gasteiger partial charge in [0.2, 0.25) is 10.0 Å². The summed E-state index contributed by atoms with van der Waals surface area (Å²) in [6.45, 7) is -0.694. The second kappa shape index (κ2) is 8.56. The number of nitrogens with one attached hydrogen (secondary N) is 1. The van der Waals surface area contributed by atoms with Crippen LogP contribution in [-0.4, -0.2) is 37.4 Å². The van der Waals surface area contributed by atoms with E-state index in [-0.39, 0.29) is 16.5 Å². The third-order valence-electron chi connectivity index (χ3n) is 5.82. The predicted molar refractivity (Wildman–Crippen MR) is 114 cm³/mol. The van der Waals surface area contributed by atoms with Gasteiger partial charge in [0.25, 0.3) is 0 Å². The molecule has 2 aromatic heterocycles. The molecule has 10 heteroatoms. The normalized spacial score (nSPS) is 14.6. The zero-order valence-corrected chi connectivity index (χ0v) is 18.1. The molecule has 0 bridgehead atoms. The van der Waals surface area contributed by atoms with Gasteiger partial charge in [0.15, 0.2) is 0 Å². The minimum atomic E-state index is -4.17. The third kappa shape index (κ3) is 3.76. The fraction of sp³-hybridized carbons (Fsp3) is 0.364. The van der Waals surface area contributed by atoms with Crippen LogP contribution in [0.2, 0.25) is 0 Å². The standard InChI is InChI=1S/C22H21F3N4O2S/c1-13-7-21-17(8-19(13)25)18(11-26)22(29(21)15-3-2-4-15)20-6-5-16(12-27-20)32(30,31)28-14(9-23)10-24/h5-8,12,14-15,28H,2-4,9-10H2,1H3. The lowest BCUT2D eigenvalue weighted by molar-refractivity contribution is 0.324. The maximum Gasteiger partial charge on any atom is 0.242 e. The number of hydrogen-bond acceptors (Lipinski definition) is 4. The molecule has 0 saturated heterocycles. The Kier molecular flexibility index (Phi) is 5.97. The largest absolute Gasteiger partial charge is 0.335 e. The van der Waals surface area contributed by atoms with Crippen LogP contribution in [0.15, 0.2) is 35.4 Å². The Bertz CT molecular complexity index is 1310. The molecule has 1 fully saturated rings. The lowest BCUT2D eigenvalue weighted by atomic mass is 9.92. The molecule has 1 N–H and O–H groups in total. The number of rotatable bonds is 7. The molecule has 0 amide bonds. The Labute approximate surface area is 183 Å². The van der Waals surface area contributed by atoms with Gasteiger partial charge in [0.05, 0.1) is 28.5 Å². The van der Waals surface area contributed by atoms with Gasteiger partial charge in [-0.1, -0.05) is 0 Å². The summed E-state index contributed by atoms with van der Waals surface area (Å²) in [6.07, 6.45) is 3.93. The molecule has 0 atom stereocenters. The van der Waals surface area contributed by atoms with Crippen molar-refractivity contribution in [3.8, 4) is 17.5 Å². The lowest BCUT2D eigenvalue weighted by Crippen LogP contribution is -2.37. The van der Waals surface area contributed by atoms with E-state index >= 15 is 0 Å². The maximum absolute atomic E-state index is 14.3. The van der Waals surface area contributed by atoms with Crippen LogP contribution in [0.25, 0.3) is 22.3 Å². The van der Waals surface area contributed by atoms with Crippen LogP contribution >= 0.6 is 0 Å². The summed E-state index contributed by atoms with van der Waals surface area (Å²) in [4.78, 5) is 4.00. The van der Waals surface area contributed by atoms with Crippen LogP contribution in [0.4, 0.5) is 13.2 Å². The van der Waals surface area contributed by atoms with E-state index in [0.29, 0.717) is 22.3 Å². The number of nitrogens with zero attached hydrogens (tertiary/aromatic N) is 3. The molecule has 0 spiro atoms. The molecule has 4 rings (SSSR count). The highest BCUT2D eigenvalue weighted by Crippen LogP contribution is 2.42. The number of benzene rings is 1. The number of hydrogen-bond donors (Lipinski definition) is 1. The number of halogens is 3. The number of aromatic nitrogens is 2. The third-order valence-corrected chi connectivity index (χ3v) is 7.32. The summed E-state index contributed by atoms with van der Waals surface area (Å²) in [6, 6.07) is 6.59. The van der Waals surface area contributed by atoms with Crippen LogP contribution in [0.3, 0.4) is 0 Å². The first-order valence-electron chi connectivity index (χ1n) is 10.2. The average molecular weight is 462 g/mol. The van der Waals surface area contributed by atoms with Gasteiger partial charge in [-0.05, 0) is 56.0 Å². The Morgan fingerprint density at radius 1 is 1.28 bits per heavy atom. The smallest absolute Gasteiger partial charge is 0.242 e. The fourth-order valence-electron chi connectivity index (χ4n) is 3.89. The van der Waals surface area contributed by atoms with Gasteiger partial charge in [0, 0.05) is 17.6 Å². The number of pyridine rings is 1. The van der Waals surface area contributed by atoms with Crippen molar-refractivity contribution in [2.45, 2.75) is 43.2 Å². The van der Waals surface area contributed by atoms with Crippen molar-refractivity contribution in [1.82, 2.24) is 14.3 Å². The summed E-state index contributed by atoms with van der Waals surface area (Å²) in [5.41, 5.74) is 2.31. The van der Waals surface area contributed by atoms with Gasteiger partial charge < -0.3 is 4.57 Å². The molecule has 32 heavy (non-hydrogen) atoms. The van der Waals surface area contributed by atoms with E-state index in [4.69, 9.17) is 0 Å². The van der Waals surface area contributed by atoms with Crippen molar-refractivity contribution in [3.63, 3.8) is 0 Å². The summed E-state index contributed by atoms with van der Waals surface area (Å²) in [5, 5.41) is 10.3. The molecule has 1 saturated carbocycles. The van der Waals surface area contributed by atoms with Crippen LogP contribution in [0, 0.1) is 24.1 Å². The Morgan fingerprint density at radius 2 is 2.00 bits per heavy atom. The van der Waals surface area contributed by atoms with E-state index in [2.05, 4.69) is 11.1 Å². The second-order valence-electron chi connectivity index (χ2n) is 7.91. The molecule has 6 nitrogen and oxygen atoms in total. The van der Waals surface area contributed by atoms with Crippen molar-refractivity contribution in [1.29, 1.82) is 5.26 Å². The number of alkyl halides is 2. The zero-order valence-electron chi connectivity index (χ0n) is 17.3. The van der Waals surface area contributed by atoms with E-state index in [0.717, 1.165) is 31.0 Å². The number of sulfonamides is 1. The Hall–Kier alpha value is -2.90. The van der Waals surface area contributed by atoms with Gasteiger partial charge >= 0.3 is 0 Å². The predicted octanol–water partition coefficient (Wildman–Crippen LogP) is 4.33. The van der Waals surface area contributed by atoms with Crippen LogP contribution in [0.1, 0.15) is 36.4 Å². The molecular weight excluding hydrogens is 441 g/mol. The van der Waals surface area contributed by atoms with Gasteiger partial charge in [-0.25, -0.2) is 26.3 Å². The van der Waals surface area contributed by atoms with Gasteiger partial charge in [-0.15, -0.1) is 0 Å². The van der Waals surface area contributed by atoms with Crippen LogP contribution < -0.4 is 4.72 Å². The van der Waals surface area contributed by atoms with E-state index < -0.39 is 35.2 Å². The summed E-state index contributed by atoms with van der Waals surface area (Å²) in [7, 11) is -4.17.